The van der Waals surface area contributed by atoms with Gasteiger partial charge < -0.3 is 9.47 Å². The Hall–Kier alpha value is -2.61. The van der Waals surface area contributed by atoms with Crippen molar-refractivity contribution in [3.63, 3.8) is 0 Å². The number of ether oxygens (including phenoxy) is 2. The molecule has 3 rings (SSSR count). The fourth-order valence-electron chi connectivity index (χ4n) is 2.16. The molecule has 1 fully saturated rings. The molecule has 0 saturated heterocycles. The zero-order chi connectivity index (χ0) is 15.5. The van der Waals surface area contributed by atoms with E-state index in [1.165, 1.54) is 26.5 Å². The van der Waals surface area contributed by atoms with Crippen LogP contribution in [0.5, 0.6) is 11.8 Å². The first kappa shape index (κ1) is 14.3. The van der Waals surface area contributed by atoms with Gasteiger partial charge in [0.2, 0.25) is 0 Å². The highest BCUT2D eigenvalue weighted by Crippen LogP contribution is 2.41. The Kier molecular flexibility index (Phi) is 3.92. The Bertz CT molecular complexity index is 761. The van der Waals surface area contributed by atoms with Gasteiger partial charge in [-0.05, 0) is 42.4 Å². The first-order valence-electron chi connectivity index (χ1n) is 6.97. The van der Waals surface area contributed by atoms with E-state index in [2.05, 4.69) is 21.8 Å². The molecular formula is C17H15FN2O2. The van der Waals surface area contributed by atoms with Crippen molar-refractivity contribution in [2.75, 3.05) is 14.2 Å². The fraction of sp³-hybridized carbons (Fsp3) is 0.294. The number of rotatable bonds is 3. The molecule has 1 aromatic heterocycles. The largest absolute Gasteiger partial charge is 0.477 e. The highest BCUT2D eigenvalue weighted by Gasteiger charge is 2.26. The Balaban J connectivity index is 1.84. The average Bonchev–Trinajstić information content (AvgIpc) is 3.37. The van der Waals surface area contributed by atoms with Crippen LogP contribution in [0.2, 0.25) is 0 Å². The van der Waals surface area contributed by atoms with E-state index in [9.17, 15) is 4.39 Å². The van der Waals surface area contributed by atoms with E-state index in [-0.39, 0.29) is 11.7 Å². The van der Waals surface area contributed by atoms with E-state index in [1.807, 2.05) is 12.1 Å². The van der Waals surface area contributed by atoms with Crippen molar-refractivity contribution in [2.24, 2.45) is 0 Å². The number of benzene rings is 1. The van der Waals surface area contributed by atoms with Gasteiger partial charge in [-0.3, -0.25) is 0 Å². The Morgan fingerprint density at radius 3 is 2.55 bits per heavy atom. The quantitative estimate of drug-likeness (QED) is 0.817. The van der Waals surface area contributed by atoms with Gasteiger partial charge in [-0.25, -0.2) is 9.37 Å². The monoisotopic (exact) mass is 298 g/mol. The molecule has 0 bridgehead atoms. The fourth-order valence-corrected chi connectivity index (χ4v) is 2.16. The molecular weight excluding hydrogens is 283 g/mol. The predicted octanol–water partition coefficient (Wildman–Crippen LogP) is 2.91. The Morgan fingerprint density at radius 2 is 1.91 bits per heavy atom. The maximum Gasteiger partial charge on any atom is 0.279 e. The topological polar surface area (TPSA) is 44.2 Å². The van der Waals surface area contributed by atoms with Crippen LogP contribution < -0.4 is 9.47 Å². The van der Waals surface area contributed by atoms with Gasteiger partial charge in [-0.1, -0.05) is 12.0 Å². The van der Waals surface area contributed by atoms with Gasteiger partial charge in [0.15, 0.2) is 0 Å². The number of hydrogen-bond donors (Lipinski definition) is 0. The number of halogens is 1. The van der Waals surface area contributed by atoms with Crippen LogP contribution >= 0.6 is 0 Å². The molecule has 0 radical (unpaired) electrons. The van der Waals surface area contributed by atoms with E-state index in [1.54, 1.807) is 0 Å². The van der Waals surface area contributed by atoms with Crippen LogP contribution in [-0.2, 0) is 0 Å². The van der Waals surface area contributed by atoms with Crippen LogP contribution in [-0.4, -0.2) is 24.2 Å². The molecule has 112 valence electrons. The van der Waals surface area contributed by atoms with Crippen LogP contribution in [0, 0.1) is 17.7 Å². The molecule has 0 aliphatic heterocycles. The van der Waals surface area contributed by atoms with Crippen molar-refractivity contribution in [3.05, 3.63) is 47.0 Å². The molecule has 4 nitrogen and oxygen atoms in total. The van der Waals surface area contributed by atoms with E-state index >= 15 is 0 Å². The van der Waals surface area contributed by atoms with Crippen molar-refractivity contribution in [3.8, 4) is 23.6 Å². The lowest BCUT2D eigenvalue weighted by Crippen LogP contribution is -1.97. The summed E-state index contributed by atoms with van der Waals surface area (Å²) in [6.45, 7) is 0. The second kappa shape index (κ2) is 6.02. The smallest absolute Gasteiger partial charge is 0.279 e. The van der Waals surface area contributed by atoms with Crippen molar-refractivity contribution < 1.29 is 13.9 Å². The lowest BCUT2D eigenvalue weighted by molar-refractivity contribution is 0.331. The minimum absolute atomic E-state index is 0.187. The third kappa shape index (κ3) is 3.01. The molecule has 1 aliphatic carbocycles. The summed E-state index contributed by atoms with van der Waals surface area (Å²) in [5.74, 6) is 6.51. The summed E-state index contributed by atoms with van der Waals surface area (Å²) in [5, 5.41) is 0. The highest BCUT2D eigenvalue weighted by atomic mass is 19.1. The lowest BCUT2D eigenvalue weighted by atomic mass is 10.1. The summed E-state index contributed by atoms with van der Waals surface area (Å²) in [4.78, 5) is 8.24. The molecule has 5 heteroatoms. The van der Waals surface area contributed by atoms with E-state index in [0.29, 0.717) is 23.1 Å². The molecule has 0 unspecified atom stereocenters. The van der Waals surface area contributed by atoms with Crippen LogP contribution in [0.15, 0.2) is 24.4 Å². The van der Waals surface area contributed by atoms with Crippen LogP contribution in [0.4, 0.5) is 4.39 Å². The molecule has 0 amide bonds. The minimum atomic E-state index is -0.187. The SMILES string of the molecule is COc1ncc(C#Cc2ccc(C3CC3)c(F)c2)nc1OC. The number of nitrogens with zero attached hydrogens (tertiary/aromatic N) is 2. The van der Waals surface area contributed by atoms with E-state index in [0.717, 1.165) is 18.4 Å². The van der Waals surface area contributed by atoms with Gasteiger partial charge in [0.1, 0.15) is 11.5 Å². The molecule has 1 aromatic carbocycles. The summed E-state index contributed by atoms with van der Waals surface area (Å²) >= 11 is 0. The molecule has 0 atom stereocenters. The maximum atomic E-state index is 14.0. The number of aromatic nitrogens is 2. The zero-order valence-electron chi connectivity index (χ0n) is 12.4. The lowest BCUT2D eigenvalue weighted by Gasteiger charge is -2.04. The van der Waals surface area contributed by atoms with Crippen molar-refractivity contribution >= 4 is 0 Å². The molecule has 0 spiro atoms. The third-order valence-electron chi connectivity index (χ3n) is 3.45. The maximum absolute atomic E-state index is 14.0. The van der Waals surface area contributed by atoms with Crippen LogP contribution in [0.25, 0.3) is 0 Å². The van der Waals surface area contributed by atoms with Crippen molar-refractivity contribution in [1.29, 1.82) is 0 Å². The third-order valence-corrected chi connectivity index (χ3v) is 3.45. The molecule has 2 aromatic rings. The average molecular weight is 298 g/mol. The predicted molar refractivity (Wildman–Crippen MR) is 79.5 cm³/mol. The van der Waals surface area contributed by atoms with Crippen molar-refractivity contribution in [2.45, 2.75) is 18.8 Å². The van der Waals surface area contributed by atoms with Crippen LogP contribution in [0.3, 0.4) is 0 Å². The summed E-state index contributed by atoms with van der Waals surface area (Å²) in [7, 11) is 2.97. The second-order valence-electron chi connectivity index (χ2n) is 5.03. The summed E-state index contributed by atoms with van der Waals surface area (Å²) in [6, 6.07) is 5.12. The molecule has 1 heterocycles. The van der Waals surface area contributed by atoms with Gasteiger partial charge in [-0.15, -0.1) is 0 Å². The minimum Gasteiger partial charge on any atom is -0.477 e. The van der Waals surface area contributed by atoms with Crippen molar-refractivity contribution in [1.82, 2.24) is 9.97 Å². The molecule has 1 aliphatic rings. The first-order chi connectivity index (χ1) is 10.7. The summed E-state index contributed by atoms with van der Waals surface area (Å²) in [6.07, 6.45) is 3.63. The zero-order valence-corrected chi connectivity index (χ0v) is 12.4. The van der Waals surface area contributed by atoms with Gasteiger partial charge in [0, 0.05) is 5.56 Å². The Labute approximate surface area is 128 Å². The number of hydrogen-bond acceptors (Lipinski definition) is 4. The second-order valence-corrected chi connectivity index (χ2v) is 5.03. The summed E-state index contributed by atoms with van der Waals surface area (Å²) in [5.41, 5.74) is 1.83. The summed E-state index contributed by atoms with van der Waals surface area (Å²) < 4.78 is 24.0. The molecule has 22 heavy (non-hydrogen) atoms. The van der Waals surface area contributed by atoms with Gasteiger partial charge in [-0.2, -0.15) is 4.98 Å². The number of methoxy groups -OCH3 is 2. The van der Waals surface area contributed by atoms with Gasteiger partial charge in [0.25, 0.3) is 11.8 Å². The van der Waals surface area contributed by atoms with E-state index in [4.69, 9.17) is 9.47 Å². The Morgan fingerprint density at radius 1 is 1.14 bits per heavy atom. The molecule has 1 saturated carbocycles. The normalized spacial score (nSPS) is 13.2. The van der Waals surface area contributed by atoms with Gasteiger partial charge >= 0.3 is 0 Å². The molecule has 0 N–H and O–H groups in total. The van der Waals surface area contributed by atoms with Gasteiger partial charge in [0.05, 0.1) is 20.4 Å². The van der Waals surface area contributed by atoms with E-state index < -0.39 is 0 Å². The van der Waals surface area contributed by atoms with Crippen LogP contribution in [0.1, 0.15) is 35.6 Å². The standard InChI is InChI=1S/C17H15FN2O2/c1-21-16-17(22-2)20-13(10-19-16)7-3-11-4-8-14(12-5-6-12)15(18)9-11/h4,8-10,12H,5-6H2,1-2H3. The highest BCUT2D eigenvalue weighted by molar-refractivity contribution is 5.43. The first-order valence-corrected chi connectivity index (χ1v) is 6.97.